The maximum atomic E-state index is 14.3. The van der Waals surface area contributed by atoms with Gasteiger partial charge >= 0.3 is 5.97 Å². The quantitative estimate of drug-likeness (QED) is 0.502. The Balaban J connectivity index is 1.37. The summed E-state index contributed by atoms with van der Waals surface area (Å²) < 4.78 is 7.49. The van der Waals surface area contributed by atoms with E-state index in [0.717, 1.165) is 34.0 Å². The van der Waals surface area contributed by atoms with Crippen LogP contribution in [0.4, 0.5) is 0 Å². The lowest BCUT2D eigenvalue weighted by atomic mass is 9.77. The van der Waals surface area contributed by atoms with Gasteiger partial charge in [0.25, 0.3) is 5.91 Å². The molecule has 1 aliphatic carbocycles. The molecule has 10 heteroatoms. The van der Waals surface area contributed by atoms with Crippen LogP contribution in [0.15, 0.2) is 40.9 Å². The predicted octanol–water partition coefficient (Wildman–Crippen LogP) is 4.42. The third-order valence-electron chi connectivity index (χ3n) is 9.43. The first-order valence-electron chi connectivity index (χ1n) is 14.9. The number of halogens is 1. The van der Waals surface area contributed by atoms with Crippen molar-refractivity contribution in [1.82, 2.24) is 14.7 Å². The van der Waals surface area contributed by atoms with E-state index in [1.165, 1.54) is 0 Å². The summed E-state index contributed by atoms with van der Waals surface area (Å²) in [7, 11) is 0. The topological polar surface area (TPSA) is 107 Å². The van der Waals surface area contributed by atoms with Gasteiger partial charge in [0.1, 0.15) is 11.9 Å². The first-order valence-corrected chi connectivity index (χ1v) is 15.7. The van der Waals surface area contributed by atoms with Crippen molar-refractivity contribution >= 4 is 39.6 Å². The minimum atomic E-state index is -0.921. The van der Waals surface area contributed by atoms with Crippen LogP contribution in [0.3, 0.4) is 0 Å². The van der Waals surface area contributed by atoms with Gasteiger partial charge in [0.15, 0.2) is 0 Å². The summed E-state index contributed by atoms with van der Waals surface area (Å²) >= 11 is 3.72. The Morgan fingerprint density at radius 2 is 1.79 bits per heavy atom. The predicted molar refractivity (Wildman–Crippen MR) is 158 cm³/mol. The molecular formula is C32H36BrN3O6. The molecule has 6 rings (SSSR count). The van der Waals surface area contributed by atoms with Crippen LogP contribution >= 0.6 is 15.9 Å². The number of rotatable bonds is 6. The number of carboxylic acids is 1. The van der Waals surface area contributed by atoms with Crippen molar-refractivity contribution in [1.29, 1.82) is 0 Å². The van der Waals surface area contributed by atoms with Crippen LogP contribution in [0, 0.1) is 11.8 Å². The molecule has 2 aromatic rings. The SMILES string of the molecule is CC(=O)N1CC[C@H](Oc2ccc(Br)c3c2[C@@H](CN2Cc4ccccc4C2=O)N(C(=O)C2CCCC[C@H]2C(=O)O)CC3)C1. The number of likely N-dealkylation sites (tertiary alicyclic amines) is 1. The van der Waals surface area contributed by atoms with Crippen molar-refractivity contribution in [2.24, 2.45) is 11.8 Å². The van der Waals surface area contributed by atoms with Gasteiger partial charge in [-0.3, -0.25) is 19.2 Å². The smallest absolute Gasteiger partial charge is 0.307 e. The summed E-state index contributed by atoms with van der Waals surface area (Å²) in [5.74, 6) is -1.79. The van der Waals surface area contributed by atoms with Crippen LogP contribution in [0.2, 0.25) is 0 Å². The Kier molecular flexibility index (Phi) is 8.00. The summed E-state index contributed by atoms with van der Waals surface area (Å²) in [6, 6.07) is 10.9. The van der Waals surface area contributed by atoms with Gasteiger partial charge in [0.2, 0.25) is 11.8 Å². The van der Waals surface area contributed by atoms with Crippen molar-refractivity contribution in [2.75, 3.05) is 26.2 Å². The fourth-order valence-corrected chi connectivity index (χ4v) is 7.78. The molecule has 1 saturated heterocycles. The van der Waals surface area contributed by atoms with Gasteiger partial charge < -0.3 is 24.5 Å². The second-order valence-electron chi connectivity index (χ2n) is 11.9. The lowest BCUT2D eigenvalue weighted by molar-refractivity contribution is -0.153. The highest BCUT2D eigenvalue weighted by Gasteiger charge is 2.44. The molecule has 4 atom stereocenters. The Hall–Kier alpha value is -3.40. The van der Waals surface area contributed by atoms with Crippen molar-refractivity contribution in [3.05, 3.63) is 63.1 Å². The molecule has 42 heavy (non-hydrogen) atoms. The molecule has 9 nitrogen and oxygen atoms in total. The fraction of sp³-hybridized carbons (Fsp3) is 0.500. The van der Waals surface area contributed by atoms with E-state index >= 15 is 0 Å². The molecule has 222 valence electrons. The Morgan fingerprint density at radius 3 is 2.50 bits per heavy atom. The molecule has 1 saturated carbocycles. The summed E-state index contributed by atoms with van der Waals surface area (Å²) in [6.07, 6.45) is 3.77. The van der Waals surface area contributed by atoms with E-state index in [9.17, 15) is 24.3 Å². The van der Waals surface area contributed by atoms with E-state index in [2.05, 4.69) is 15.9 Å². The highest BCUT2D eigenvalue weighted by molar-refractivity contribution is 9.10. The number of nitrogens with zero attached hydrogens (tertiary/aromatic N) is 3. The van der Waals surface area contributed by atoms with Crippen LogP contribution in [-0.4, -0.2) is 75.8 Å². The summed E-state index contributed by atoms with van der Waals surface area (Å²) in [5, 5.41) is 9.97. The van der Waals surface area contributed by atoms with E-state index in [4.69, 9.17) is 4.74 Å². The normalized spacial score (nSPS) is 25.3. The van der Waals surface area contributed by atoms with E-state index < -0.39 is 23.8 Å². The average Bonchev–Trinajstić information content (AvgIpc) is 3.59. The minimum absolute atomic E-state index is 0.0150. The molecule has 2 fully saturated rings. The number of hydrogen-bond donors (Lipinski definition) is 1. The minimum Gasteiger partial charge on any atom is -0.488 e. The molecule has 1 unspecified atom stereocenters. The molecule has 0 bridgehead atoms. The van der Waals surface area contributed by atoms with Crippen LogP contribution in [0.1, 0.15) is 72.1 Å². The number of ether oxygens (including phenoxy) is 1. The number of carboxylic acid groups (broad SMARTS) is 1. The molecule has 4 aliphatic rings. The second kappa shape index (κ2) is 11.7. The van der Waals surface area contributed by atoms with E-state index in [1.807, 2.05) is 41.3 Å². The highest BCUT2D eigenvalue weighted by Crippen LogP contribution is 2.44. The van der Waals surface area contributed by atoms with Gasteiger partial charge in [-0.1, -0.05) is 47.0 Å². The molecular weight excluding hydrogens is 602 g/mol. The molecule has 3 amide bonds. The third-order valence-corrected chi connectivity index (χ3v) is 10.2. The highest BCUT2D eigenvalue weighted by atomic mass is 79.9. The molecule has 0 aromatic heterocycles. The van der Waals surface area contributed by atoms with Gasteiger partial charge in [0, 0.05) is 55.1 Å². The van der Waals surface area contributed by atoms with Crippen LogP contribution in [0.25, 0.3) is 0 Å². The first kappa shape index (κ1) is 28.7. The average molecular weight is 639 g/mol. The Morgan fingerprint density at radius 1 is 1.02 bits per heavy atom. The van der Waals surface area contributed by atoms with Crippen molar-refractivity contribution in [2.45, 2.75) is 64.1 Å². The summed E-state index contributed by atoms with van der Waals surface area (Å²) in [5.41, 5.74) is 3.52. The number of amides is 3. The van der Waals surface area contributed by atoms with Gasteiger partial charge in [0.05, 0.1) is 24.4 Å². The summed E-state index contributed by atoms with van der Waals surface area (Å²) in [6.45, 7) is 3.83. The zero-order chi connectivity index (χ0) is 29.5. The van der Waals surface area contributed by atoms with Crippen LogP contribution in [-0.2, 0) is 27.3 Å². The maximum absolute atomic E-state index is 14.3. The second-order valence-corrected chi connectivity index (χ2v) is 12.8. The van der Waals surface area contributed by atoms with Gasteiger partial charge in [-0.15, -0.1) is 0 Å². The van der Waals surface area contributed by atoms with Crippen molar-refractivity contribution in [3.8, 4) is 5.75 Å². The fourth-order valence-electron chi connectivity index (χ4n) is 7.23. The number of hydrogen-bond acceptors (Lipinski definition) is 5. The van der Waals surface area contributed by atoms with E-state index in [1.54, 1.807) is 16.7 Å². The standard InChI is InChI=1S/C32H36BrN3O6/c1-19(37)34-14-12-21(17-34)42-28-11-10-26(33)25-13-15-36(31(39)23-8-4-5-9-24(23)32(40)41)27(29(25)28)18-35-16-20-6-2-3-7-22(20)30(35)38/h2-3,6-7,10-11,21,23-24,27H,4-5,8-9,12-18H2,1H3,(H,40,41)/t21-,23?,24+,27+/m0/s1. The lowest BCUT2D eigenvalue weighted by Crippen LogP contribution is -2.50. The van der Waals surface area contributed by atoms with Crippen LogP contribution in [0.5, 0.6) is 5.75 Å². The number of carbonyl (C=O) groups is 4. The largest absolute Gasteiger partial charge is 0.488 e. The molecule has 0 spiro atoms. The molecule has 3 aliphatic heterocycles. The maximum Gasteiger partial charge on any atom is 0.307 e. The third kappa shape index (κ3) is 5.29. The van der Waals surface area contributed by atoms with Crippen molar-refractivity contribution < 1.29 is 29.0 Å². The molecule has 0 radical (unpaired) electrons. The molecule has 1 N–H and O–H groups in total. The Labute approximate surface area is 253 Å². The van der Waals surface area contributed by atoms with Gasteiger partial charge in [-0.2, -0.15) is 0 Å². The lowest BCUT2D eigenvalue weighted by Gasteiger charge is -2.43. The van der Waals surface area contributed by atoms with Gasteiger partial charge in [-0.25, -0.2) is 0 Å². The summed E-state index contributed by atoms with van der Waals surface area (Å²) in [4.78, 5) is 57.3. The number of aliphatic carboxylic acids is 1. The number of carbonyl (C=O) groups excluding carboxylic acids is 3. The van der Waals surface area contributed by atoms with E-state index in [-0.39, 0.29) is 30.4 Å². The molecule has 2 aromatic carbocycles. The van der Waals surface area contributed by atoms with Crippen LogP contribution < -0.4 is 4.74 Å². The Bertz CT molecular complexity index is 1430. The van der Waals surface area contributed by atoms with Crippen molar-refractivity contribution in [3.63, 3.8) is 0 Å². The zero-order valence-corrected chi connectivity index (χ0v) is 25.3. The monoisotopic (exact) mass is 637 g/mol. The number of fused-ring (bicyclic) bond motifs is 2. The molecule has 3 heterocycles. The van der Waals surface area contributed by atoms with E-state index in [0.29, 0.717) is 63.2 Å². The first-order chi connectivity index (χ1) is 20.2. The number of benzene rings is 2. The van der Waals surface area contributed by atoms with Gasteiger partial charge in [-0.05, 0) is 48.6 Å². The zero-order valence-electron chi connectivity index (χ0n) is 23.8.